The van der Waals surface area contributed by atoms with Crippen molar-refractivity contribution in [3.8, 4) is 11.1 Å². The molecule has 2 aliphatic heterocycles. The molecule has 7 nitrogen and oxygen atoms in total. The van der Waals surface area contributed by atoms with E-state index < -0.39 is 0 Å². The van der Waals surface area contributed by atoms with Crippen molar-refractivity contribution in [1.29, 1.82) is 0 Å². The monoisotopic (exact) mass is 477 g/mol. The van der Waals surface area contributed by atoms with Crippen molar-refractivity contribution in [2.45, 2.75) is 25.3 Å². The maximum absolute atomic E-state index is 11.3. The van der Waals surface area contributed by atoms with Crippen LogP contribution in [0.15, 0.2) is 42.0 Å². The highest BCUT2D eigenvalue weighted by molar-refractivity contribution is 7.17. The van der Waals surface area contributed by atoms with Crippen LogP contribution in [0.1, 0.15) is 19.3 Å². The molecule has 1 amide bonds. The average molecular weight is 478 g/mol. The van der Waals surface area contributed by atoms with Gasteiger partial charge in [0.25, 0.3) is 0 Å². The van der Waals surface area contributed by atoms with Crippen LogP contribution in [0.25, 0.3) is 21.3 Å². The molecule has 3 aliphatic rings. The highest BCUT2D eigenvalue weighted by atomic mass is 32.1. The number of carbonyl (C=O) groups is 1. The van der Waals surface area contributed by atoms with Crippen LogP contribution in [0, 0.1) is 17.8 Å². The summed E-state index contributed by atoms with van der Waals surface area (Å²) < 4.78 is 6.08. The van der Waals surface area contributed by atoms with Crippen LogP contribution in [-0.4, -0.2) is 66.2 Å². The lowest BCUT2D eigenvalue weighted by Crippen LogP contribution is -2.35. The van der Waals surface area contributed by atoms with E-state index in [1.54, 1.807) is 17.7 Å². The number of carbonyl (C=O) groups excluding carboxylic acids is 1. The van der Waals surface area contributed by atoms with E-state index in [9.17, 15) is 4.79 Å². The smallest absolute Gasteiger partial charge is 0.218 e. The number of anilines is 1. The van der Waals surface area contributed by atoms with Crippen LogP contribution in [0.3, 0.4) is 0 Å². The molecular formula is C26H31N5O2S. The zero-order chi connectivity index (χ0) is 23.1. The molecule has 2 unspecified atom stereocenters. The Labute approximate surface area is 203 Å². The number of aromatic nitrogens is 2. The molecule has 8 heteroatoms. The molecule has 3 atom stereocenters. The Hall–Kier alpha value is -2.55. The van der Waals surface area contributed by atoms with Gasteiger partial charge in [0.1, 0.15) is 17.0 Å². The summed E-state index contributed by atoms with van der Waals surface area (Å²) in [4.78, 5) is 26.4. The summed E-state index contributed by atoms with van der Waals surface area (Å²) in [6.07, 6.45) is 4.39. The largest absolute Gasteiger partial charge is 0.380 e. The van der Waals surface area contributed by atoms with Gasteiger partial charge < -0.3 is 15.4 Å². The molecule has 1 aliphatic carbocycles. The van der Waals surface area contributed by atoms with E-state index in [0.717, 1.165) is 62.9 Å². The Morgan fingerprint density at radius 2 is 2.00 bits per heavy atom. The fraction of sp³-hybridized carbons (Fsp3) is 0.500. The predicted octanol–water partition coefficient (Wildman–Crippen LogP) is 3.40. The number of primary amides is 1. The van der Waals surface area contributed by atoms with Gasteiger partial charge >= 0.3 is 0 Å². The van der Waals surface area contributed by atoms with Gasteiger partial charge in [-0.1, -0.05) is 30.3 Å². The standard InChI is InChI=1S/C26H31N5O2S/c27-23(32)11-18-7-4-8-30(18)9-10-33-14-21-19-12-31(13-20(19)21)25-24-22(17-5-2-1-3-6-17)15-34-26(24)29-16-28-25/h1-3,5-6,15-16,18-21H,4,7-14H2,(H2,27,32)/t18-,19?,20?,21?/m1/s1. The lowest BCUT2D eigenvalue weighted by molar-refractivity contribution is -0.119. The normalized spacial score (nSPS) is 26.3. The minimum atomic E-state index is -0.201. The van der Waals surface area contributed by atoms with Gasteiger partial charge in [0, 0.05) is 43.0 Å². The minimum Gasteiger partial charge on any atom is -0.380 e. The summed E-state index contributed by atoms with van der Waals surface area (Å²) in [6.45, 7) is 5.60. The molecule has 0 radical (unpaired) electrons. The van der Waals surface area contributed by atoms with Crippen molar-refractivity contribution in [3.63, 3.8) is 0 Å². The number of likely N-dealkylation sites (tertiary alicyclic amines) is 1. The molecule has 2 aromatic heterocycles. The van der Waals surface area contributed by atoms with Gasteiger partial charge in [-0.15, -0.1) is 11.3 Å². The van der Waals surface area contributed by atoms with E-state index in [1.807, 2.05) is 0 Å². The van der Waals surface area contributed by atoms with Gasteiger partial charge in [0.2, 0.25) is 5.91 Å². The fourth-order valence-electron chi connectivity index (χ4n) is 6.05. The van der Waals surface area contributed by atoms with Crippen LogP contribution in [0.5, 0.6) is 0 Å². The topological polar surface area (TPSA) is 84.6 Å². The number of thiophene rings is 1. The number of fused-ring (bicyclic) bond motifs is 2. The zero-order valence-corrected chi connectivity index (χ0v) is 20.1. The second-order valence-corrected chi connectivity index (χ2v) is 10.7. The van der Waals surface area contributed by atoms with Crippen molar-refractivity contribution in [1.82, 2.24) is 14.9 Å². The number of benzene rings is 1. The third-order valence-corrected chi connectivity index (χ3v) is 8.76. The van der Waals surface area contributed by atoms with Crippen molar-refractivity contribution >= 4 is 33.3 Å². The van der Waals surface area contributed by atoms with Gasteiger partial charge in [-0.2, -0.15) is 0 Å². The summed E-state index contributed by atoms with van der Waals surface area (Å²) in [7, 11) is 0. The second kappa shape index (κ2) is 9.24. The number of nitrogens with zero attached hydrogens (tertiary/aromatic N) is 4. The van der Waals surface area contributed by atoms with E-state index in [0.29, 0.717) is 30.2 Å². The third-order valence-electron chi connectivity index (χ3n) is 7.87. The summed E-state index contributed by atoms with van der Waals surface area (Å²) in [5.74, 6) is 2.92. The Morgan fingerprint density at radius 1 is 1.18 bits per heavy atom. The van der Waals surface area contributed by atoms with Crippen molar-refractivity contribution in [2.24, 2.45) is 23.5 Å². The number of piperidine rings is 1. The lowest BCUT2D eigenvalue weighted by atomic mass is 10.1. The first-order valence-electron chi connectivity index (χ1n) is 12.3. The molecule has 2 saturated heterocycles. The van der Waals surface area contributed by atoms with E-state index in [2.05, 4.69) is 50.5 Å². The van der Waals surface area contributed by atoms with E-state index in [-0.39, 0.29) is 5.91 Å². The first-order chi connectivity index (χ1) is 16.7. The molecule has 4 heterocycles. The maximum atomic E-state index is 11.3. The van der Waals surface area contributed by atoms with E-state index in [1.165, 1.54) is 16.5 Å². The van der Waals surface area contributed by atoms with Gasteiger partial charge in [0.15, 0.2) is 0 Å². The Morgan fingerprint density at radius 3 is 2.79 bits per heavy atom. The summed E-state index contributed by atoms with van der Waals surface area (Å²) in [6, 6.07) is 10.8. The van der Waals surface area contributed by atoms with Gasteiger partial charge in [-0.25, -0.2) is 9.97 Å². The molecule has 1 aromatic carbocycles. The van der Waals surface area contributed by atoms with Crippen molar-refractivity contribution in [2.75, 3.05) is 44.3 Å². The van der Waals surface area contributed by atoms with Crippen LogP contribution >= 0.6 is 11.3 Å². The van der Waals surface area contributed by atoms with Gasteiger partial charge in [-0.05, 0) is 42.7 Å². The molecule has 0 bridgehead atoms. The summed E-state index contributed by atoms with van der Waals surface area (Å²) >= 11 is 1.69. The van der Waals surface area contributed by atoms with Gasteiger partial charge in [0.05, 0.1) is 18.6 Å². The third kappa shape index (κ3) is 4.19. The lowest BCUT2D eigenvalue weighted by Gasteiger charge is -2.24. The molecule has 3 fully saturated rings. The quantitative estimate of drug-likeness (QED) is 0.476. The van der Waals surface area contributed by atoms with E-state index >= 15 is 0 Å². The van der Waals surface area contributed by atoms with Crippen molar-refractivity contribution in [3.05, 3.63) is 42.0 Å². The van der Waals surface area contributed by atoms with Gasteiger partial charge in [-0.3, -0.25) is 9.69 Å². The average Bonchev–Trinajstić information content (AvgIpc) is 3.29. The zero-order valence-electron chi connectivity index (χ0n) is 19.3. The molecule has 178 valence electrons. The maximum Gasteiger partial charge on any atom is 0.218 e. The number of rotatable bonds is 9. The van der Waals surface area contributed by atoms with E-state index in [4.69, 9.17) is 15.5 Å². The van der Waals surface area contributed by atoms with Crippen LogP contribution in [0.2, 0.25) is 0 Å². The summed E-state index contributed by atoms with van der Waals surface area (Å²) in [5, 5.41) is 3.39. The number of ether oxygens (including phenoxy) is 1. The molecule has 6 rings (SSSR count). The van der Waals surface area contributed by atoms with Crippen LogP contribution < -0.4 is 10.6 Å². The number of nitrogens with two attached hydrogens (primary N) is 1. The Balaban J connectivity index is 1.04. The molecular weight excluding hydrogens is 446 g/mol. The first kappa shape index (κ1) is 21.9. The number of hydrogen-bond donors (Lipinski definition) is 1. The summed E-state index contributed by atoms with van der Waals surface area (Å²) in [5.41, 5.74) is 7.85. The minimum absolute atomic E-state index is 0.201. The van der Waals surface area contributed by atoms with Crippen LogP contribution in [-0.2, 0) is 9.53 Å². The highest BCUT2D eigenvalue weighted by Gasteiger charge is 2.56. The second-order valence-electron chi connectivity index (χ2n) is 9.87. The van der Waals surface area contributed by atoms with Crippen LogP contribution in [0.4, 0.5) is 5.82 Å². The highest BCUT2D eigenvalue weighted by Crippen LogP contribution is 2.53. The molecule has 0 spiro atoms. The first-order valence-corrected chi connectivity index (χ1v) is 13.2. The molecule has 2 N–H and O–H groups in total. The number of amides is 1. The Kier molecular flexibility index (Phi) is 5.97. The SMILES string of the molecule is NC(=O)C[C@H]1CCCN1CCOCC1C2CN(c3ncnc4scc(-c5ccccc5)c34)CC12. The fourth-order valence-corrected chi connectivity index (χ4v) is 6.96. The Bertz CT molecular complexity index is 1160. The predicted molar refractivity (Wildman–Crippen MR) is 135 cm³/mol. The molecule has 34 heavy (non-hydrogen) atoms. The van der Waals surface area contributed by atoms with Crippen molar-refractivity contribution < 1.29 is 9.53 Å². The molecule has 3 aromatic rings. The number of hydrogen-bond acceptors (Lipinski definition) is 7. The molecule has 1 saturated carbocycles.